The first-order valence-corrected chi connectivity index (χ1v) is 10.1. The lowest BCUT2D eigenvalue weighted by Crippen LogP contribution is -2.29. The minimum atomic E-state index is -0.110. The summed E-state index contributed by atoms with van der Waals surface area (Å²) in [6.07, 6.45) is 4.71. The summed E-state index contributed by atoms with van der Waals surface area (Å²) >= 11 is 5.91. The number of nitrogens with one attached hydrogen (secondary N) is 1. The van der Waals surface area contributed by atoms with Gasteiger partial charge in [-0.25, -0.2) is 0 Å². The molecule has 1 N–H and O–H groups in total. The SMILES string of the molecule is O=C(NCCCOc1cccc(CN2CCCCC2)c1)c1cccc(Cl)c1. The predicted molar refractivity (Wildman–Crippen MR) is 109 cm³/mol. The molecule has 1 fully saturated rings. The highest BCUT2D eigenvalue weighted by Crippen LogP contribution is 2.17. The standard InChI is InChI=1S/C22H27ClN2O2/c23-20-9-5-8-19(16-20)22(26)24-11-6-14-27-21-10-4-7-18(15-21)17-25-12-2-1-3-13-25/h4-5,7-10,15-16H,1-3,6,11-14,17H2,(H,24,26). The van der Waals surface area contributed by atoms with Crippen molar-refractivity contribution in [3.05, 3.63) is 64.7 Å². The number of amides is 1. The Labute approximate surface area is 166 Å². The van der Waals surface area contributed by atoms with E-state index in [1.165, 1.54) is 37.9 Å². The van der Waals surface area contributed by atoms with E-state index in [4.69, 9.17) is 16.3 Å². The molecule has 5 heteroatoms. The summed E-state index contributed by atoms with van der Waals surface area (Å²) in [6.45, 7) is 4.52. The second-order valence-corrected chi connectivity index (χ2v) is 7.39. The molecule has 0 saturated carbocycles. The summed E-state index contributed by atoms with van der Waals surface area (Å²) in [4.78, 5) is 14.6. The second-order valence-electron chi connectivity index (χ2n) is 6.95. The topological polar surface area (TPSA) is 41.6 Å². The number of hydrogen-bond acceptors (Lipinski definition) is 3. The number of ether oxygens (including phenoxy) is 1. The van der Waals surface area contributed by atoms with Gasteiger partial charge in [-0.15, -0.1) is 0 Å². The molecule has 144 valence electrons. The minimum absolute atomic E-state index is 0.110. The Morgan fingerprint density at radius 1 is 1.07 bits per heavy atom. The van der Waals surface area contributed by atoms with Crippen LogP contribution in [-0.4, -0.2) is 37.0 Å². The Balaban J connectivity index is 1.37. The van der Waals surface area contributed by atoms with Crippen molar-refractivity contribution in [3.8, 4) is 5.75 Å². The van der Waals surface area contributed by atoms with Gasteiger partial charge in [-0.3, -0.25) is 9.69 Å². The number of rotatable bonds is 8. The molecule has 0 unspecified atom stereocenters. The van der Waals surface area contributed by atoms with E-state index in [0.717, 1.165) is 18.7 Å². The van der Waals surface area contributed by atoms with Crippen LogP contribution in [-0.2, 0) is 6.54 Å². The molecular formula is C22H27ClN2O2. The third kappa shape index (κ3) is 6.56. The molecule has 0 aromatic heterocycles. The van der Waals surface area contributed by atoms with Crippen LogP contribution >= 0.6 is 11.6 Å². The predicted octanol–water partition coefficient (Wildman–Crippen LogP) is 4.52. The molecule has 1 aliphatic rings. The van der Waals surface area contributed by atoms with Crippen molar-refractivity contribution in [2.24, 2.45) is 0 Å². The quantitative estimate of drug-likeness (QED) is 0.678. The highest BCUT2D eigenvalue weighted by atomic mass is 35.5. The van der Waals surface area contributed by atoms with Crippen LogP contribution in [0.1, 0.15) is 41.6 Å². The molecule has 0 aliphatic carbocycles. The Bertz CT molecular complexity index is 745. The van der Waals surface area contributed by atoms with E-state index < -0.39 is 0 Å². The first kappa shape index (κ1) is 19.7. The molecule has 2 aromatic carbocycles. The number of halogens is 1. The lowest BCUT2D eigenvalue weighted by atomic mass is 10.1. The number of hydrogen-bond donors (Lipinski definition) is 1. The Kier molecular flexibility index (Phi) is 7.55. The fourth-order valence-electron chi connectivity index (χ4n) is 3.31. The molecule has 0 spiro atoms. The number of carbonyl (C=O) groups is 1. The van der Waals surface area contributed by atoms with E-state index in [-0.39, 0.29) is 5.91 Å². The van der Waals surface area contributed by atoms with Gasteiger partial charge in [0.25, 0.3) is 5.91 Å². The van der Waals surface area contributed by atoms with E-state index in [1.807, 2.05) is 6.07 Å². The van der Waals surface area contributed by atoms with Gasteiger partial charge in [0.1, 0.15) is 5.75 Å². The summed E-state index contributed by atoms with van der Waals surface area (Å²) in [5, 5.41) is 3.46. The maximum Gasteiger partial charge on any atom is 0.251 e. The van der Waals surface area contributed by atoms with Crippen molar-refractivity contribution in [2.45, 2.75) is 32.2 Å². The van der Waals surface area contributed by atoms with Crippen molar-refractivity contribution < 1.29 is 9.53 Å². The van der Waals surface area contributed by atoms with Crippen molar-refractivity contribution >= 4 is 17.5 Å². The van der Waals surface area contributed by atoms with E-state index in [0.29, 0.717) is 23.7 Å². The molecule has 1 amide bonds. The van der Waals surface area contributed by atoms with Gasteiger partial charge in [-0.05, 0) is 68.2 Å². The Morgan fingerprint density at radius 3 is 2.70 bits per heavy atom. The maximum absolute atomic E-state index is 12.0. The number of likely N-dealkylation sites (tertiary alicyclic amines) is 1. The lowest BCUT2D eigenvalue weighted by Gasteiger charge is -2.26. The van der Waals surface area contributed by atoms with Crippen LogP contribution in [0.5, 0.6) is 5.75 Å². The van der Waals surface area contributed by atoms with Gasteiger partial charge < -0.3 is 10.1 Å². The summed E-state index contributed by atoms with van der Waals surface area (Å²) in [7, 11) is 0. The van der Waals surface area contributed by atoms with Gasteiger partial charge in [0.15, 0.2) is 0 Å². The number of benzene rings is 2. The van der Waals surface area contributed by atoms with Crippen LogP contribution in [0.15, 0.2) is 48.5 Å². The number of nitrogens with zero attached hydrogens (tertiary/aromatic N) is 1. The second kappa shape index (κ2) is 10.3. The maximum atomic E-state index is 12.0. The number of carbonyl (C=O) groups excluding carboxylic acids is 1. The van der Waals surface area contributed by atoms with Crippen LogP contribution in [0.3, 0.4) is 0 Å². The van der Waals surface area contributed by atoms with Gasteiger partial charge in [-0.1, -0.05) is 36.2 Å². The van der Waals surface area contributed by atoms with Crippen molar-refractivity contribution in [2.75, 3.05) is 26.2 Å². The number of piperidine rings is 1. The third-order valence-corrected chi connectivity index (χ3v) is 4.95. The minimum Gasteiger partial charge on any atom is -0.494 e. The van der Waals surface area contributed by atoms with Crippen LogP contribution in [0.2, 0.25) is 5.02 Å². The monoisotopic (exact) mass is 386 g/mol. The van der Waals surface area contributed by atoms with E-state index in [9.17, 15) is 4.79 Å². The van der Waals surface area contributed by atoms with Crippen LogP contribution in [0, 0.1) is 0 Å². The molecule has 27 heavy (non-hydrogen) atoms. The zero-order valence-electron chi connectivity index (χ0n) is 15.6. The fourth-order valence-corrected chi connectivity index (χ4v) is 3.50. The third-order valence-electron chi connectivity index (χ3n) is 4.72. The van der Waals surface area contributed by atoms with Gasteiger partial charge in [-0.2, -0.15) is 0 Å². The van der Waals surface area contributed by atoms with Crippen molar-refractivity contribution in [1.29, 1.82) is 0 Å². The van der Waals surface area contributed by atoms with Gasteiger partial charge in [0.05, 0.1) is 6.61 Å². The fraction of sp³-hybridized carbons (Fsp3) is 0.409. The van der Waals surface area contributed by atoms with Crippen molar-refractivity contribution in [1.82, 2.24) is 10.2 Å². The first-order chi connectivity index (χ1) is 13.2. The van der Waals surface area contributed by atoms with Crippen LogP contribution in [0.25, 0.3) is 0 Å². The zero-order chi connectivity index (χ0) is 18.9. The Morgan fingerprint density at radius 2 is 1.89 bits per heavy atom. The van der Waals surface area contributed by atoms with E-state index in [1.54, 1.807) is 24.3 Å². The molecular weight excluding hydrogens is 360 g/mol. The van der Waals surface area contributed by atoms with Gasteiger partial charge >= 0.3 is 0 Å². The molecule has 3 rings (SSSR count). The van der Waals surface area contributed by atoms with Crippen LogP contribution < -0.4 is 10.1 Å². The van der Waals surface area contributed by atoms with Crippen LogP contribution in [0.4, 0.5) is 0 Å². The molecule has 2 aromatic rings. The molecule has 1 saturated heterocycles. The largest absolute Gasteiger partial charge is 0.494 e. The summed E-state index contributed by atoms with van der Waals surface area (Å²) in [5.74, 6) is 0.784. The average Bonchev–Trinajstić information content (AvgIpc) is 2.69. The Hall–Kier alpha value is -2.04. The zero-order valence-corrected chi connectivity index (χ0v) is 16.4. The summed E-state index contributed by atoms with van der Waals surface area (Å²) in [5.41, 5.74) is 1.87. The summed E-state index contributed by atoms with van der Waals surface area (Å²) < 4.78 is 5.85. The van der Waals surface area contributed by atoms with Gasteiger partial charge in [0.2, 0.25) is 0 Å². The molecule has 0 atom stereocenters. The molecule has 0 bridgehead atoms. The lowest BCUT2D eigenvalue weighted by molar-refractivity contribution is 0.0951. The molecule has 1 aliphatic heterocycles. The average molecular weight is 387 g/mol. The summed E-state index contributed by atoms with van der Waals surface area (Å²) in [6, 6.07) is 15.3. The van der Waals surface area contributed by atoms with Gasteiger partial charge in [0, 0.05) is 23.7 Å². The molecule has 4 nitrogen and oxygen atoms in total. The highest BCUT2D eigenvalue weighted by Gasteiger charge is 2.10. The molecule has 1 heterocycles. The first-order valence-electron chi connectivity index (χ1n) is 9.68. The van der Waals surface area contributed by atoms with E-state index >= 15 is 0 Å². The van der Waals surface area contributed by atoms with E-state index in [2.05, 4.69) is 28.4 Å². The van der Waals surface area contributed by atoms with Crippen molar-refractivity contribution in [3.63, 3.8) is 0 Å². The normalized spacial score (nSPS) is 14.7. The smallest absolute Gasteiger partial charge is 0.251 e. The highest BCUT2D eigenvalue weighted by molar-refractivity contribution is 6.30. The molecule has 0 radical (unpaired) electrons.